The van der Waals surface area contributed by atoms with Gasteiger partial charge >= 0.3 is 0 Å². The van der Waals surface area contributed by atoms with Crippen molar-refractivity contribution in [1.82, 2.24) is 19.9 Å². The maximum atomic E-state index is 8.94. The first-order chi connectivity index (χ1) is 7.69. The van der Waals surface area contributed by atoms with Gasteiger partial charge in [-0.1, -0.05) is 19.1 Å². The molecule has 2 rings (SSSR count). The Morgan fingerprint density at radius 2 is 2.38 bits per heavy atom. The average Bonchev–Trinajstić information content (AvgIpc) is 2.83. The van der Waals surface area contributed by atoms with E-state index in [1.165, 1.54) is 0 Å². The molecule has 0 aliphatic carbocycles. The zero-order chi connectivity index (χ0) is 11.5. The van der Waals surface area contributed by atoms with Crippen molar-refractivity contribution in [2.24, 2.45) is 5.92 Å². The van der Waals surface area contributed by atoms with Gasteiger partial charge in [0.05, 0.1) is 18.8 Å². The van der Waals surface area contributed by atoms with Crippen LogP contribution in [-0.2, 0) is 6.61 Å². The van der Waals surface area contributed by atoms with E-state index in [9.17, 15) is 0 Å². The van der Waals surface area contributed by atoms with Crippen molar-refractivity contribution in [3.05, 3.63) is 11.9 Å². The van der Waals surface area contributed by atoms with Crippen LogP contribution in [0.25, 0.3) is 0 Å². The molecule has 0 saturated carbocycles. The van der Waals surface area contributed by atoms with Crippen molar-refractivity contribution in [2.75, 3.05) is 19.6 Å². The van der Waals surface area contributed by atoms with Gasteiger partial charge in [0, 0.05) is 19.6 Å². The van der Waals surface area contributed by atoms with Crippen LogP contribution in [0, 0.1) is 5.92 Å². The predicted octanol–water partition coefficient (Wildman–Crippen LogP) is 0.673. The van der Waals surface area contributed by atoms with Crippen LogP contribution < -0.4 is 0 Å². The molecule has 1 aliphatic heterocycles. The van der Waals surface area contributed by atoms with Crippen LogP contribution in [0.4, 0.5) is 0 Å². The Bertz CT molecular complexity index is 336. The van der Waals surface area contributed by atoms with E-state index in [1.54, 1.807) is 0 Å². The summed E-state index contributed by atoms with van der Waals surface area (Å²) in [5.74, 6) is 0.711. The largest absolute Gasteiger partial charge is 0.390 e. The Morgan fingerprint density at radius 1 is 1.56 bits per heavy atom. The molecule has 5 nitrogen and oxygen atoms in total. The number of likely N-dealkylation sites (tertiary alicyclic amines) is 1. The number of hydrogen-bond donors (Lipinski definition) is 1. The van der Waals surface area contributed by atoms with Crippen molar-refractivity contribution in [1.29, 1.82) is 0 Å². The Hall–Kier alpha value is -0.940. The van der Waals surface area contributed by atoms with Crippen LogP contribution in [0.1, 0.15) is 32.0 Å². The second-order valence-corrected chi connectivity index (χ2v) is 4.94. The van der Waals surface area contributed by atoms with E-state index in [0.29, 0.717) is 17.7 Å². The molecule has 0 amide bonds. The minimum Gasteiger partial charge on any atom is -0.390 e. The summed E-state index contributed by atoms with van der Waals surface area (Å²) < 4.78 is 1.89. The van der Waals surface area contributed by atoms with Gasteiger partial charge in [0.15, 0.2) is 0 Å². The summed E-state index contributed by atoms with van der Waals surface area (Å²) >= 11 is 0. The summed E-state index contributed by atoms with van der Waals surface area (Å²) in [7, 11) is 0. The van der Waals surface area contributed by atoms with Crippen molar-refractivity contribution >= 4 is 0 Å². The number of hydrogen-bond acceptors (Lipinski definition) is 4. The number of aliphatic hydroxyl groups is 1. The van der Waals surface area contributed by atoms with E-state index < -0.39 is 0 Å². The molecule has 1 aromatic rings. The van der Waals surface area contributed by atoms with E-state index in [0.717, 1.165) is 26.1 Å². The molecule has 0 unspecified atom stereocenters. The molecule has 0 spiro atoms. The van der Waals surface area contributed by atoms with Crippen molar-refractivity contribution < 1.29 is 5.11 Å². The number of nitrogens with zero attached hydrogens (tertiary/aromatic N) is 4. The minimum absolute atomic E-state index is 0.0254. The summed E-state index contributed by atoms with van der Waals surface area (Å²) in [6.07, 6.45) is 2.98. The molecule has 5 heteroatoms. The van der Waals surface area contributed by atoms with Gasteiger partial charge in [-0.25, -0.2) is 4.68 Å². The zero-order valence-electron chi connectivity index (χ0n) is 10.0. The number of aliphatic hydroxyl groups excluding tert-OH is 1. The van der Waals surface area contributed by atoms with Gasteiger partial charge in [-0.15, -0.1) is 5.10 Å². The maximum absolute atomic E-state index is 8.94. The first kappa shape index (κ1) is 11.5. The molecule has 1 fully saturated rings. The topological polar surface area (TPSA) is 54.2 Å². The van der Waals surface area contributed by atoms with Gasteiger partial charge in [0.2, 0.25) is 0 Å². The van der Waals surface area contributed by atoms with Crippen LogP contribution in [-0.4, -0.2) is 44.6 Å². The van der Waals surface area contributed by atoms with E-state index >= 15 is 0 Å². The van der Waals surface area contributed by atoms with Crippen molar-refractivity contribution in [3.8, 4) is 0 Å². The Balaban J connectivity index is 1.92. The third kappa shape index (κ3) is 2.59. The summed E-state index contributed by atoms with van der Waals surface area (Å²) in [6.45, 7) is 7.80. The molecule has 1 atom stereocenters. The van der Waals surface area contributed by atoms with Crippen LogP contribution in [0.2, 0.25) is 0 Å². The monoisotopic (exact) mass is 224 g/mol. The minimum atomic E-state index is -0.0254. The first-order valence-corrected chi connectivity index (χ1v) is 5.93. The molecule has 2 heterocycles. The van der Waals surface area contributed by atoms with Crippen LogP contribution in [0.5, 0.6) is 0 Å². The van der Waals surface area contributed by atoms with E-state index in [4.69, 9.17) is 5.11 Å². The highest BCUT2D eigenvalue weighted by molar-refractivity contribution is 4.92. The summed E-state index contributed by atoms with van der Waals surface area (Å²) in [5.41, 5.74) is 0.655. The number of aromatic nitrogens is 3. The third-order valence-corrected chi connectivity index (χ3v) is 2.96. The predicted molar refractivity (Wildman–Crippen MR) is 60.9 cm³/mol. The van der Waals surface area contributed by atoms with Gasteiger partial charge in [0.25, 0.3) is 0 Å². The average molecular weight is 224 g/mol. The smallest absolute Gasteiger partial charge is 0.108 e. The molecule has 1 aliphatic rings. The van der Waals surface area contributed by atoms with Crippen molar-refractivity contribution in [3.63, 3.8) is 0 Å². The second-order valence-electron chi connectivity index (χ2n) is 4.94. The van der Waals surface area contributed by atoms with Crippen LogP contribution >= 0.6 is 0 Å². The lowest BCUT2D eigenvalue weighted by atomic mass is 10.2. The van der Waals surface area contributed by atoms with E-state index in [1.807, 2.05) is 10.9 Å². The lowest BCUT2D eigenvalue weighted by Gasteiger charge is -2.17. The summed E-state index contributed by atoms with van der Waals surface area (Å²) in [4.78, 5) is 2.47. The molecule has 1 saturated heterocycles. The molecular formula is C11H20N4O. The highest BCUT2D eigenvalue weighted by Gasteiger charge is 2.24. The lowest BCUT2D eigenvalue weighted by molar-refractivity contribution is 0.276. The summed E-state index contributed by atoms with van der Waals surface area (Å²) in [5, 5.41) is 16.9. The molecule has 0 bridgehead atoms. The highest BCUT2D eigenvalue weighted by Crippen LogP contribution is 2.21. The number of rotatable bonds is 4. The molecular weight excluding hydrogens is 204 g/mol. The third-order valence-electron chi connectivity index (χ3n) is 2.96. The SMILES string of the molecule is CC(C)CN1CC[C@H](n2cc(CO)nn2)C1. The Labute approximate surface area is 96.1 Å². The molecule has 0 aromatic carbocycles. The first-order valence-electron chi connectivity index (χ1n) is 5.93. The maximum Gasteiger partial charge on any atom is 0.108 e. The molecule has 90 valence electrons. The van der Waals surface area contributed by atoms with Gasteiger partial charge in [0.1, 0.15) is 5.69 Å². The fraction of sp³-hybridized carbons (Fsp3) is 0.818. The lowest BCUT2D eigenvalue weighted by Crippen LogP contribution is -2.25. The standard InChI is InChI=1S/C11H20N4O/c1-9(2)5-14-4-3-11(7-14)15-6-10(8-16)12-13-15/h6,9,11,16H,3-5,7-8H2,1-2H3/t11-/m0/s1. The van der Waals surface area contributed by atoms with Gasteiger partial charge < -0.3 is 10.0 Å². The van der Waals surface area contributed by atoms with Gasteiger partial charge in [-0.3, -0.25) is 0 Å². The van der Waals surface area contributed by atoms with Crippen LogP contribution in [0.3, 0.4) is 0 Å². The fourth-order valence-corrected chi connectivity index (χ4v) is 2.27. The van der Waals surface area contributed by atoms with E-state index in [-0.39, 0.29) is 6.61 Å². The highest BCUT2D eigenvalue weighted by atomic mass is 16.3. The normalized spacial score (nSPS) is 22.1. The van der Waals surface area contributed by atoms with E-state index in [2.05, 4.69) is 29.1 Å². The van der Waals surface area contributed by atoms with Gasteiger partial charge in [-0.05, 0) is 12.3 Å². The summed E-state index contributed by atoms with van der Waals surface area (Å²) in [6, 6.07) is 0.423. The molecule has 16 heavy (non-hydrogen) atoms. The quantitative estimate of drug-likeness (QED) is 0.817. The van der Waals surface area contributed by atoms with Crippen molar-refractivity contribution in [2.45, 2.75) is 32.9 Å². The molecule has 1 aromatic heterocycles. The Kier molecular flexibility index (Phi) is 3.56. The van der Waals surface area contributed by atoms with Crippen LogP contribution in [0.15, 0.2) is 6.20 Å². The fourth-order valence-electron chi connectivity index (χ4n) is 2.27. The van der Waals surface area contributed by atoms with Gasteiger partial charge in [-0.2, -0.15) is 0 Å². The molecule has 1 N–H and O–H groups in total. The zero-order valence-corrected chi connectivity index (χ0v) is 10.0. The molecule has 0 radical (unpaired) electrons. The Morgan fingerprint density at radius 3 is 3.00 bits per heavy atom. The second kappa shape index (κ2) is 4.93.